The van der Waals surface area contributed by atoms with Gasteiger partial charge in [-0.3, -0.25) is 32.5 Å². The molecule has 0 aliphatic carbocycles. The number of aliphatic hydroxyl groups is 2. The SMILES string of the molecule is CC/C=C\C/C=C\C/C=C\C/C=C\C/C=C\C/C=C\CCCCCCCCCCCCC(=O)OCC(O)COP(=O)(O)OCC(O)COP(=O)(O)OCC(COC(=O)CCCCCCC/C=C\C/C=C\C/C=C\CC)OC(=O)CCCCCCC/C=C\CCCCCC. The van der Waals surface area contributed by atoms with Crippen LogP contribution in [0.2, 0.25) is 0 Å². The van der Waals surface area contributed by atoms with E-state index in [2.05, 4.69) is 142 Å². The molecule has 0 heterocycles. The van der Waals surface area contributed by atoms with Gasteiger partial charge in [-0.05, 0) is 128 Å². The number of hydrogen-bond donors (Lipinski definition) is 4. The Balaban J connectivity index is 4.48. The zero-order chi connectivity index (χ0) is 68.1. The minimum absolute atomic E-state index is 0.0893. The number of phosphoric acid groups is 2. The maximum Gasteiger partial charge on any atom is 0.472 e. The Bertz CT molecular complexity index is 2180. The molecule has 0 aliphatic rings. The molecule has 0 aromatic carbocycles. The van der Waals surface area contributed by atoms with Gasteiger partial charge in [0.15, 0.2) is 6.10 Å². The molecule has 0 saturated carbocycles. The van der Waals surface area contributed by atoms with E-state index in [1.807, 2.05) is 0 Å². The minimum atomic E-state index is -4.93. The van der Waals surface area contributed by atoms with Crippen molar-refractivity contribution in [3.63, 3.8) is 0 Å². The van der Waals surface area contributed by atoms with Gasteiger partial charge in [0, 0.05) is 19.3 Å². The van der Waals surface area contributed by atoms with E-state index in [9.17, 15) is 43.5 Å². The summed E-state index contributed by atoms with van der Waals surface area (Å²) in [6, 6.07) is 0. The summed E-state index contributed by atoms with van der Waals surface area (Å²) in [4.78, 5) is 58.4. The van der Waals surface area contributed by atoms with Crippen LogP contribution in [0, 0.1) is 0 Å². The molecule has 0 fully saturated rings. The van der Waals surface area contributed by atoms with E-state index < -0.39 is 91.5 Å². The van der Waals surface area contributed by atoms with Crippen molar-refractivity contribution in [2.45, 2.75) is 296 Å². The van der Waals surface area contributed by atoms with Crippen molar-refractivity contribution in [1.82, 2.24) is 0 Å². The zero-order valence-electron chi connectivity index (χ0n) is 57.9. The quantitative estimate of drug-likeness (QED) is 0.0146. The van der Waals surface area contributed by atoms with Gasteiger partial charge in [0.05, 0.1) is 26.4 Å². The summed E-state index contributed by atoms with van der Waals surface area (Å²) in [5.41, 5.74) is 0. The third-order valence-corrected chi connectivity index (χ3v) is 16.6. The number of rotatable bonds is 67. The molecule has 0 saturated heterocycles. The number of allylic oxidation sites excluding steroid dienone is 20. The Morgan fingerprint density at radius 1 is 0.312 bits per heavy atom. The largest absolute Gasteiger partial charge is 0.472 e. The van der Waals surface area contributed by atoms with Crippen LogP contribution in [0.15, 0.2) is 122 Å². The standard InChI is InChI=1S/C75H128O16P2/c1-4-7-10-13-16-19-22-25-27-28-29-30-31-32-33-34-35-36-37-38-39-40-42-45-46-49-52-55-58-61-73(78)85-64-70(76)65-87-92(81,82)88-66-71(77)67-89-93(83,84)90-69-72(91-75(80)63-60-57-54-51-48-43-24-21-18-15-12-9-6-3)68-86-74(79)62-59-56-53-50-47-44-41-26-23-20-17-14-11-8-5-2/h7-8,10-11,16-17,19-21,24-27,29-30,32-33,35-36,41,70-72,76-77H,4-6,9,12-15,18,22-23,28,31,34,37-40,42-69H2,1-3H3,(H,81,82)(H,83,84)/b10-7-,11-8-,19-16-,20-17-,24-21-,27-25-,30-29-,33-32-,36-35-,41-26-. The molecule has 0 amide bonds. The number of esters is 3. The van der Waals surface area contributed by atoms with E-state index >= 15 is 0 Å². The Morgan fingerprint density at radius 2 is 0.570 bits per heavy atom. The number of phosphoric ester groups is 2. The van der Waals surface area contributed by atoms with Crippen molar-refractivity contribution in [1.29, 1.82) is 0 Å². The van der Waals surface area contributed by atoms with E-state index in [4.69, 9.17) is 32.3 Å². The molecule has 0 aromatic heterocycles. The van der Waals surface area contributed by atoms with Crippen molar-refractivity contribution in [3.8, 4) is 0 Å². The summed E-state index contributed by atoms with van der Waals surface area (Å²) >= 11 is 0. The van der Waals surface area contributed by atoms with Crippen LogP contribution in [0.25, 0.3) is 0 Å². The van der Waals surface area contributed by atoms with E-state index in [-0.39, 0.29) is 19.3 Å². The first-order chi connectivity index (χ1) is 45.2. The van der Waals surface area contributed by atoms with E-state index in [1.165, 1.54) is 57.8 Å². The number of hydrogen-bond acceptors (Lipinski definition) is 14. The maximum atomic E-state index is 12.9. The van der Waals surface area contributed by atoms with Crippen molar-refractivity contribution >= 4 is 33.6 Å². The normalized spacial score (nSPS) is 14.9. The van der Waals surface area contributed by atoms with Crippen LogP contribution in [0.1, 0.15) is 278 Å². The zero-order valence-corrected chi connectivity index (χ0v) is 59.7. The molecule has 0 radical (unpaired) electrons. The van der Waals surface area contributed by atoms with E-state index in [1.54, 1.807) is 0 Å². The van der Waals surface area contributed by atoms with Gasteiger partial charge in [0.1, 0.15) is 25.4 Å². The second-order valence-electron chi connectivity index (χ2n) is 23.6. The van der Waals surface area contributed by atoms with E-state index in [0.717, 1.165) is 161 Å². The maximum absolute atomic E-state index is 12.9. The summed E-state index contributed by atoms with van der Waals surface area (Å²) in [7, 11) is -9.78. The molecule has 0 spiro atoms. The third-order valence-electron chi connectivity index (χ3n) is 14.7. The average molecular weight is 1350 g/mol. The first-order valence-electron chi connectivity index (χ1n) is 35.8. The van der Waals surface area contributed by atoms with Crippen molar-refractivity contribution in [3.05, 3.63) is 122 Å². The first-order valence-corrected chi connectivity index (χ1v) is 38.8. The highest BCUT2D eigenvalue weighted by Gasteiger charge is 2.29. The fourth-order valence-electron chi connectivity index (χ4n) is 9.23. The van der Waals surface area contributed by atoms with E-state index in [0.29, 0.717) is 19.3 Å². The predicted molar refractivity (Wildman–Crippen MR) is 380 cm³/mol. The molecular formula is C75H128O16P2. The van der Waals surface area contributed by atoms with Crippen LogP contribution >= 0.6 is 15.6 Å². The summed E-state index contributed by atoms with van der Waals surface area (Å²) in [6.45, 7) is 2.39. The number of carbonyl (C=O) groups excluding carboxylic acids is 3. The van der Waals surface area contributed by atoms with Crippen LogP contribution in [-0.2, 0) is 55.8 Å². The summed E-state index contributed by atoms with van der Waals surface area (Å²) < 4.78 is 60.9. The molecule has 5 unspecified atom stereocenters. The summed E-state index contributed by atoms with van der Waals surface area (Å²) in [6.07, 6.45) is 78.3. The fourth-order valence-corrected chi connectivity index (χ4v) is 10.8. The Labute approximate surface area is 563 Å². The van der Waals surface area contributed by atoms with Gasteiger partial charge in [-0.25, -0.2) is 9.13 Å². The van der Waals surface area contributed by atoms with Gasteiger partial charge in [-0.15, -0.1) is 0 Å². The molecule has 0 aliphatic heterocycles. The van der Waals surface area contributed by atoms with Gasteiger partial charge in [0.2, 0.25) is 0 Å². The topological polar surface area (TPSA) is 231 Å². The number of ether oxygens (including phenoxy) is 3. The Morgan fingerprint density at radius 3 is 0.914 bits per heavy atom. The van der Waals surface area contributed by atoms with Gasteiger partial charge in [0.25, 0.3) is 0 Å². The first kappa shape index (κ1) is 89.0. The lowest BCUT2D eigenvalue weighted by Crippen LogP contribution is -2.30. The van der Waals surface area contributed by atoms with Crippen molar-refractivity contribution in [2.24, 2.45) is 0 Å². The molecular weight excluding hydrogens is 1220 g/mol. The summed E-state index contributed by atoms with van der Waals surface area (Å²) in [5, 5.41) is 20.6. The molecule has 534 valence electrons. The van der Waals surface area contributed by atoms with Gasteiger partial charge >= 0.3 is 33.6 Å². The Kier molecular flexibility index (Phi) is 65.0. The highest BCUT2D eigenvalue weighted by Crippen LogP contribution is 2.45. The Hall–Kier alpha value is -4.05. The number of unbranched alkanes of at least 4 members (excludes halogenated alkanes) is 24. The highest BCUT2D eigenvalue weighted by molar-refractivity contribution is 7.47. The molecule has 16 nitrogen and oxygen atoms in total. The smallest absolute Gasteiger partial charge is 0.463 e. The number of aliphatic hydroxyl groups excluding tert-OH is 2. The molecule has 0 rings (SSSR count). The minimum Gasteiger partial charge on any atom is -0.463 e. The predicted octanol–water partition coefficient (Wildman–Crippen LogP) is 20.2. The van der Waals surface area contributed by atoms with Crippen molar-refractivity contribution < 1.29 is 75.8 Å². The molecule has 18 heteroatoms. The van der Waals surface area contributed by atoms with Crippen LogP contribution in [0.3, 0.4) is 0 Å². The average Bonchev–Trinajstić information content (AvgIpc) is 2.91. The van der Waals surface area contributed by atoms with Gasteiger partial charge in [-0.1, -0.05) is 251 Å². The van der Waals surface area contributed by atoms with Crippen LogP contribution < -0.4 is 0 Å². The van der Waals surface area contributed by atoms with Gasteiger partial charge < -0.3 is 34.2 Å². The van der Waals surface area contributed by atoms with Crippen molar-refractivity contribution in [2.75, 3.05) is 39.6 Å². The lowest BCUT2D eigenvalue weighted by atomic mass is 10.1. The van der Waals surface area contributed by atoms with Crippen LogP contribution in [0.4, 0.5) is 0 Å². The molecule has 0 bridgehead atoms. The molecule has 93 heavy (non-hydrogen) atoms. The lowest BCUT2D eigenvalue weighted by Gasteiger charge is -2.21. The molecule has 4 N–H and O–H groups in total. The second-order valence-corrected chi connectivity index (χ2v) is 26.5. The number of carbonyl (C=O) groups is 3. The second kappa shape index (κ2) is 67.9. The van der Waals surface area contributed by atoms with Crippen LogP contribution in [-0.4, -0.2) is 95.9 Å². The summed E-state index contributed by atoms with van der Waals surface area (Å²) in [5.74, 6) is -1.61. The highest BCUT2D eigenvalue weighted by atomic mass is 31.2. The molecule has 5 atom stereocenters. The lowest BCUT2D eigenvalue weighted by molar-refractivity contribution is -0.161. The van der Waals surface area contributed by atoms with Gasteiger partial charge in [-0.2, -0.15) is 0 Å². The van der Waals surface area contributed by atoms with Crippen LogP contribution in [0.5, 0.6) is 0 Å². The third kappa shape index (κ3) is 69.1. The fraction of sp³-hybridized carbons (Fsp3) is 0.693. The monoisotopic (exact) mass is 1350 g/mol. The molecule has 0 aromatic rings.